The van der Waals surface area contributed by atoms with Gasteiger partial charge in [0.15, 0.2) is 5.11 Å². The molecule has 4 bridgehead atoms. The second-order valence-electron chi connectivity index (χ2n) is 7.93. The summed E-state index contributed by atoms with van der Waals surface area (Å²) in [6, 6.07) is 7.13. The maximum Gasteiger partial charge on any atom is 0.171 e. The Bertz CT molecular complexity index is 547. The van der Waals surface area contributed by atoms with Crippen LogP contribution >= 0.6 is 12.2 Å². The van der Waals surface area contributed by atoms with Crippen molar-refractivity contribution >= 4 is 23.0 Å². The van der Waals surface area contributed by atoms with Crippen LogP contribution in [0.25, 0.3) is 0 Å². The van der Waals surface area contributed by atoms with Gasteiger partial charge < -0.3 is 10.6 Å². The molecule has 1 aromatic rings. The smallest absolute Gasteiger partial charge is 0.171 e. The summed E-state index contributed by atoms with van der Waals surface area (Å²) in [4.78, 5) is 0. The zero-order valence-electron chi connectivity index (χ0n) is 13.6. The summed E-state index contributed by atoms with van der Waals surface area (Å²) < 4.78 is 0. The number of anilines is 1. The maximum absolute atomic E-state index is 5.60. The van der Waals surface area contributed by atoms with Gasteiger partial charge in [-0.3, -0.25) is 0 Å². The molecule has 3 heteroatoms. The average molecular weight is 314 g/mol. The second kappa shape index (κ2) is 5.52. The van der Waals surface area contributed by atoms with E-state index >= 15 is 0 Å². The fraction of sp³-hybridized carbons (Fsp3) is 0.632. The molecule has 22 heavy (non-hydrogen) atoms. The Morgan fingerprint density at radius 2 is 1.45 bits per heavy atom. The first-order chi connectivity index (χ1) is 10.6. The van der Waals surface area contributed by atoms with Gasteiger partial charge in [-0.15, -0.1) is 0 Å². The molecular weight excluding hydrogens is 288 g/mol. The molecule has 0 spiro atoms. The Morgan fingerprint density at radius 3 is 2.00 bits per heavy atom. The van der Waals surface area contributed by atoms with E-state index in [1.54, 1.807) is 0 Å². The molecule has 5 rings (SSSR count). The van der Waals surface area contributed by atoms with Gasteiger partial charge in [0.2, 0.25) is 0 Å². The first-order valence-corrected chi connectivity index (χ1v) is 9.13. The number of rotatable bonds is 2. The monoisotopic (exact) mass is 314 g/mol. The van der Waals surface area contributed by atoms with Crippen molar-refractivity contribution in [3.8, 4) is 0 Å². The fourth-order valence-corrected chi connectivity index (χ4v) is 5.78. The molecule has 1 aromatic carbocycles. The van der Waals surface area contributed by atoms with Gasteiger partial charge in [-0.25, -0.2) is 0 Å². The summed E-state index contributed by atoms with van der Waals surface area (Å²) in [5, 5.41) is 7.88. The maximum atomic E-state index is 5.60. The Balaban J connectivity index is 1.42. The van der Waals surface area contributed by atoms with E-state index in [0.717, 1.165) is 34.5 Å². The van der Waals surface area contributed by atoms with E-state index in [-0.39, 0.29) is 0 Å². The summed E-state index contributed by atoms with van der Waals surface area (Å²) in [6.45, 7) is 4.26. The summed E-state index contributed by atoms with van der Waals surface area (Å²) in [6.07, 6.45) is 7.21. The van der Waals surface area contributed by atoms with E-state index in [2.05, 4.69) is 42.7 Å². The largest absolute Gasteiger partial charge is 0.359 e. The van der Waals surface area contributed by atoms with E-state index in [1.165, 1.54) is 43.2 Å². The Kier molecular flexibility index (Phi) is 3.64. The van der Waals surface area contributed by atoms with Crippen molar-refractivity contribution in [2.24, 2.45) is 23.7 Å². The average Bonchev–Trinajstić information content (AvgIpc) is 2.40. The molecule has 0 heterocycles. The Labute approximate surface area is 139 Å². The van der Waals surface area contributed by atoms with Crippen LogP contribution in [0.1, 0.15) is 43.2 Å². The van der Waals surface area contributed by atoms with Crippen LogP contribution in [-0.4, -0.2) is 11.2 Å². The Hall–Kier alpha value is -1.09. The minimum atomic E-state index is 0.610. The lowest BCUT2D eigenvalue weighted by Gasteiger charge is -2.54. The Morgan fingerprint density at radius 1 is 0.909 bits per heavy atom. The van der Waals surface area contributed by atoms with Crippen LogP contribution in [0.3, 0.4) is 0 Å². The van der Waals surface area contributed by atoms with Gasteiger partial charge in [0.05, 0.1) is 0 Å². The van der Waals surface area contributed by atoms with Gasteiger partial charge in [0.1, 0.15) is 0 Å². The first-order valence-electron chi connectivity index (χ1n) is 8.72. The van der Waals surface area contributed by atoms with Crippen molar-refractivity contribution in [2.75, 3.05) is 5.32 Å². The highest BCUT2D eigenvalue weighted by molar-refractivity contribution is 7.80. The molecule has 0 atom stereocenters. The standard InChI is InChI=1S/C19H26N2S/c1-11-3-12(2)5-17(4-11)20-19(22)21-18-15-7-13-6-14(9-15)10-16(18)8-13/h3-5,13-16,18H,6-10H2,1-2H3,(H2,20,21,22). The topological polar surface area (TPSA) is 24.1 Å². The van der Waals surface area contributed by atoms with E-state index in [4.69, 9.17) is 12.2 Å². The summed E-state index contributed by atoms with van der Waals surface area (Å²) >= 11 is 5.60. The van der Waals surface area contributed by atoms with Crippen LogP contribution in [0.4, 0.5) is 5.69 Å². The van der Waals surface area contributed by atoms with Gasteiger partial charge in [0, 0.05) is 11.7 Å². The highest BCUT2D eigenvalue weighted by atomic mass is 32.1. The lowest BCUT2D eigenvalue weighted by atomic mass is 9.54. The summed E-state index contributed by atoms with van der Waals surface area (Å²) in [7, 11) is 0. The summed E-state index contributed by atoms with van der Waals surface area (Å²) in [5.41, 5.74) is 3.67. The molecule has 0 radical (unpaired) electrons. The normalized spacial score (nSPS) is 35.5. The van der Waals surface area contributed by atoms with Gasteiger partial charge >= 0.3 is 0 Å². The molecule has 0 amide bonds. The van der Waals surface area contributed by atoms with Gasteiger partial charge in [0.25, 0.3) is 0 Å². The predicted molar refractivity (Wildman–Crippen MR) is 96.1 cm³/mol. The third kappa shape index (κ3) is 2.76. The molecule has 4 aliphatic carbocycles. The number of aryl methyl sites for hydroxylation is 2. The van der Waals surface area contributed by atoms with E-state index in [9.17, 15) is 0 Å². The van der Waals surface area contributed by atoms with Crippen molar-refractivity contribution in [3.05, 3.63) is 29.3 Å². The number of benzene rings is 1. The molecule has 2 nitrogen and oxygen atoms in total. The quantitative estimate of drug-likeness (QED) is 0.791. The lowest BCUT2D eigenvalue weighted by Crippen LogP contribution is -2.56. The van der Waals surface area contributed by atoms with Crippen LogP contribution in [0.2, 0.25) is 0 Å². The van der Waals surface area contributed by atoms with E-state index in [0.29, 0.717) is 6.04 Å². The van der Waals surface area contributed by atoms with Crippen LogP contribution in [0.5, 0.6) is 0 Å². The molecule has 4 saturated carbocycles. The van der Waals surface area contributed by atoms with Crippen LogP contribution in [0.15, 0.2) is 18.2 Å². The molecule has 2 N–H and O–H groups in total. The van der Waals surface area contributed by atoms with E-state index in [1.807, 2.05) is 0 Å². The van der Waals surface area contributed by atoms with Crippen molar-refractivity contribution in [2.45, 2.75) is 52.0 Å². The van der Waals surface area contributed by atoms with E-state index < -0.39 is 0 Å². The minimum Gasteiger partial charge on any atom is -0.359 e. The number of hydrogen-bond acceptors (Lipinski definition) is 1. The lowest BCUT2D eigenvalue weighted by molar-refractivity contribution is -0.00665. The zero-order chi connectivity index (χ0) is 15.3. The number of nitrogens with one attached hydrogen (secondary N) is 2. The van der Waals surface area contributed by atoms with Crippen LogP contribution in [-0.2, 0) is 0 Å². The second-order valence-corrected chi connectivity index (χ2v) is 8.34. The van der Waals surface area contributed by atoms with Crippen LogP contribution in [0, 0.1) is 37.5 Å². The highest BCUT2D eigenvalue weighted by Crippen LogP contribution is 2.53. The molecule has 118 valence electrons. The summed E-state index contributed by atoms with van der Waals surface area (Å²) in [5.74, 6) is 3.74. The van der Waals surface area contributed by atoms with Crippen molar-refractivity contribution in [3.63, 3.8) is 0 Å². The molecule has 0 aromatic heterocycles. The van der Waals surface area contributed by atoms with Crippen molar-refractivity contribution < 1.29 is 0 Å². The SMILES string of the molecule is Cc1cc(C)cc(NC(=S)NC2C3CC4CC(C3)CC2C4)c1. The zero-order valence-corrected chi connectivity index (χ0v) is 14.4. The van der Waals surface area contributed by atoms with Gasteiger partial charge in [-0.1, -0.05) is 6.07 Å². The molecule has 0 aliphatic heterocycles. The first kappa shape index (κ1) is 14.5. The van der Waals surface area contributed by atoms with Crippen molar-refractivity contribution in [1.82, 2.24) is 5.32 Å². The molecule has 0 saturated heterocycles. The predicted octanol–water partition coefficient (Wildman–Crippen LogP) is 4.41. The number of thiocarbonyl (C=S) groups is 1. The van der Waals surface area contributed by atoms with Crippen LogP contribution < -0.4 is 10.6 Å². The molecular formula is C19H26N2S. The molecule has 0 unspecified atom stereocenters. The fourth-order valence-electron chi connectivity index (χ4n) is 5.53. The highest BCUT2D eigenvalue weighted by Gasteiger charge is 2.48. The molecule has 4 aliphatic rings. The van der Waals surface area contributed by atoms with Gasteiger partial charge in [-0.2, -0.15) is 0 Å². The number of hydrogen-bond donors (Lipinski definition) is 2. The molecule has 4 fully saturated rings. The third-order valence-electron chi connectivity index (χ3n) is 6.00. The third-order valence-corrected chi connectivity index (χ3v) is 6.22. The van der Waals surface area contributed by atoms with Gasteiger partial charge in [-0.05, 0) is 105 Å². The minimum absolute atomic E-state index is 0.610. The van der Waals surface area contributed by atoms with Crippen molar-refractivity contribution in [1.29, 1.82) is 0 Å².